The molecule has 0 saturated carbocycles. The van der Waals surface area contributed by atoms with Crippen molar-refractivity contribution in [1.82, 2.24) is 0 Å². The van der Waals surface area contributed by atoms with Crippen LogP contribution >= 0.6 is 27.7 Å². The van der Waals surface area contributed by atoms with E-state index in [-0.39, 0.29) is 5.41 Å². The molecule has 4 aliphatic rings. The molecule has 2 heteroatoms. The Morgan fingerprint density at radius 1 is 0.839 bits per heavy atom. The second-order valence-corrected chi connectivity index (χ2v) is 12.2. The molecule has 1 atom stereocenters. The first-order valence-electron chi connectivity index (χ1n) is 11.0. The van der Waals surface area contributed by atoms with Gasteiger partial charge < -0.3 is 0 Å². The van der Waals surface area contributed by atoms with Crippen LogP contribution in [0.5, 0.6) is 0 Å². The third kappa shape index (κ3) is 2.68. The van der Waals surface area contributed by atoms with E-state index in [0.29, 0.717) is 11.2 Å². The molecule has 0 bridgehead atoms. The van der Waals surface area contributed by atoms with Crippen LogP contribution in [0.2, 0.25) is 0 Å². The van der Waals surface area contributed by atoms with Gasteiger partial charge in [0.05, 0.1) is 9.06 Å². The fraction of sp³-hybridized carbons (Fsp3) is 0.241. The Morgan fingerprint density at radius 2 is 1.45 bits per heavy atom. The molecule has 1 heterocycles. The average Bonchev–Trinajstić information content (AvgIpc) is 3.39. The van der Waals surface area contributed by atoms with Crippen molar-refractivity contribution in [2.45, 2.75) is 38.9 Å². The maximum atomic E-state index is 3.72. The minimum absolute atomic E-state index is 0.0252. The number of benzene rings is 2. The molecular weight excluding hydrogens is 460 g/mol. The Hall–Kier alpha value is -2.03. The summed E-state index contributed by atoms with van der Waals surface area (Å²) >= 11 is 5.64. The van der Waals surface area contributed by atoms with E-state index in [2.05, 4.69) is 110 Å². The molecule has 0 fully saturated rings. The van der Waals surface area contributed by atoms with Crippen LogP contribution in [-0.4, -0.2) is 5.25 Å². The van der Waals surface area contributed by atoms with Crippen molar-refractivity contribution in [2.24, 2.45) is 5.41 Å². The number of fused-ring (bicyclic) bond motifs is 5. The van der Waals surface area contributed by atoms with E-state index in [4.69, 9.17) is 0 Å². The standard InChI is InChI=1S/C29H25BrS/c1-16-13-22-17(2)23-15-26(30)31-25(23)14-24(22)27(16)29(3,4)28-20-11-7-5-9-18(20)19-10-6-8-12-21(19)28/h5-15,25,28H,1-4H3. The molecule has 154 valence electrons. The van der Waals surface area contributed by atoms with Crippen LogP contribution in [0.4, 0.5) is 0 Å². The predicted octanol–water partition coefficient (Wildman–Crippen LogP) is 8.69. The van der Waals surface area contributed by atoms with Crippen molar-refractivity contribution in [2.75, 3.05) is 0 Å². The van der Waals surface area contributed by atoms with Gasteiger partial charge in [-0.25, -0.2) is 0 Å². The minimum Gasteiger partial charge on any atom is -0.106 e. The molecule has 2 aromatic rings. The predicted molar refractivity (Wildman–Crippen MR) is 137 cm³/mol. The molecule has 1 aliphatic heterocycles. The SMILES string of the molecule is CC1=C(C(C)(C)C2c3ccccc3-c3ccccc32)C2=CC3SC(Br)=CC3=C(C)C2=C1. The summed E-state index contributed by atoms with van der Waals surface area (Å²) in [4.78, 5) is 0. The number of allylic oxidation sites excluding steroid dienone is 7. The maximum Gasteiger partial charge on any atom is 0.0542 e. The molecule has 1 unspecified atom stereocenters. The first-order chi connectivity index (χ1) is 14.9. The zero-order chi connectivity index (χ0) is 21.5. The van der Waals surface area contributed by atoms with Gasteiger partial charge in [-0.2, -0.15) is 0 Å². The number of halogens is 1. The fourth-order valence-corrected chi connectivity index (χ4v) is 8.17. The fourth-order valence-electron chi connectivity index (χ4n) is 6.31. The Morgan fingerprint density at radius 3 is 2.10 bits per heavy atom. The number of hydrogen-bond donors (Lipinski definition) is 0. The summed E-state index contributed by atoms with van der Waals surface area (Å²) in [6.07, 6.45) is 7.25. The minimum atomic E-state index is -0.0252. The van der Waals surface area contributed by atoms with E-state index in [1.165, 1.54) is 59.5 Å². The Bertz CT molecular complexity index is 1270. The van der Waals surface area contributed by atoms with Crippen LogP contribution in [0, 0.1) is 5.41 Å². The van der Waals surface area contributed by atoms with Crippen LogP contribution in [-0.2, 0) is 0 Å². The van der Waals surface area contributed by atoms with E-state index in [1.54, 1.807) is 0 Å². The highest BCUT2D eigenvalue weighted by molar-refractivity contribution is 9.14. The smallest absolute Gasteiger partial charge is 0.0542 e. The largest absolute Gasteiger partial charge is 0.106 e. The number of rotatable bonds is 2. The lowest BCUT2D eigenvalue weighted by Gasteiger charge is -2.38. The molecule has 0 spiro atoms. The highest BCUT2D eigenvalue weighted by atomic mass is 79.9. The Kier molecular flexibility index (Phi) is 4.27. The average molecular weight is 485 g/mol. The molecular formula is C29H25BrS. The van der Waals surface area contributed by atoms with Gasteiger partial charge in [-0.1, -0.05) is 74.5 Å². The van der Waals surface area contributed by atoms with Crippen LogP contribution in [0.3, 0.4) is 0 Å². The van der Waals surface area contributed by atoms with Gasteiger partial charge in [0.1, 0.15) is 0 Å². The van der Waals surface area contributed by atoms with Crippen LogP contribution < -0.4 is 0 Å². The highest BCUT2D eigenvalue weighted by Gasteiger charge is 2.45. The molecule has 2 aromatic carbocycles. The van der Waals surface area contributed by atoms with Gasteiger partial charge in [-0.3, -0.25) is 0 Å². The molecule has 6 rings (SSSR count). The van der Waals surface area contributed by atoms with Crippen LogP contribution in [0.25, 0.3) is 11.1 Å². The van der Waals surface area contributed by atoms with Gasteiger partial charge in [0.25, 0.3) is 0 Å². The summed E-state index contributed by atoms with van der Waals surface area (Å²) in [5.74, 6) is 0.352. The maximum absolute atomic E-state index is 3.72. The summed E-state index contributed by atoms with van der Waals surface area (Å²) < 4.78 is 1.24. The van der Waals surface area contributed by atoms with E-state index >= 15 is 0 Å². The zero-order valence-electron chi connectivity index (χ0n) is 18.3. The Labute approximate surface area is 197 Å². The summed E-state index contributed by atoms with van der Waals surface area (Å²) in [6, 6.07) is 18.0. The number of hydrogen-bond acceptors (Lipinski definition) is 1. The second-order valence-electron chi connectivity index (χ2n) is 9.59. The topological polar surface area (TPSA) is 0 Å². The first-order valence-corrected chi connectivity index (χ1v) is 12.6. The molecule has 0 saturated heterocycles. The summed E-state index contributed by atoms with van der Waals surface area (Å²) in [5, 5.41) is 0.418. The van der Waals surface area contributed by atoms with Crippen molar-refractivity contribution in [1.29, 1.82) is 0 Å². The van der Waals surface area contributed by atoms with Crippen molar-refractivity contribution in [3.8, 4) is 11.1 Å². The lowest BCUT2D eigenvalue weighted by atomic mass is 9.65. The molecule has 0 amide bonds. The molecule has 0 N–H and O–H groups in total. The van der Waals surface area contributed by atoms with E-state index in [0.717, 1.165) is 0 Å². The van der Waals surface area contributed by atoms with Gasteiger partial charge in [-0.05, 0) is 91.5 Å². The third-order valence-electron chi connectivity index (χ3n) is 7.48. The van der Waals surface area contributed by atoms with Gasteiger partial charge in [-0.15, -0.1) is 11.8 Å². The highest BCUT2D eigenvalue weighted by Crippen LogP contribution is 2.60. The monoisotopic (exact) mass is 484 g/mol. The summed E-state index contributed by atoms with van der Waals surface area (Å²) in [7, 11) is 0. The third-order valence-corrected chi connectivity index (χ3v) is 9.26. The van der Waals surface area contributed by atoms with Crippen molar-refractivity contribution < 1.29 is 0 Å². The van der Waals surface area contributed by atoms with Gasteiger partial charge in [0.2, 0.25) is 0 Å². The summed E-state index contributed by atoms with van der Waals surface area (Å²) in [6.45, 7) is 9.52. The lowest BCUT2D eigenvalue weighted by molar-refractivity contribution is 0.398. The second kappa shape index (κ2) is 6.73. The number of thioether (sulfide) groups is 1. The van der Waals surface area contributed by atoms with E-state index in [1.807, 2.05) is 11.8 Å². The lowest BCUT2D eigenvalue weighted by Crippen LogP contribution is -2.26. The van der Waals surface area contributed by atoms with Gasteiger partial charge in [0, 0.05) is 11.3 Å². The molecule has 31 heavy (non-hydrogen) atoms. The molecule has 3 aliphatic carbocycles. The van der Waals surface area contributed by atoms with Crippen LogP contribution in [0.15, 0.2) is 104 Å². The van der Waals surface area contributed by atoms with Crippen LogP contribution in [0.1, 0.15) is 44.7 Å². The van der Waals surface area contributed by atoms with E-state index < -0.39 is 0 Å². The van der Waals surface area contributed by atoms with Crippen molar-refractivity contribution in [3.63, 3.8) is 0 Å². The van der Waals surface area contributed by atoms with Gasteiger partial charge in [0.15, 0.2) is 0 Å². The van der Waals surface area contributed by atoms with E-state index in [9.17, 15) is 0 Å². The normalized spacial score (nSPS) is 22.1. The Balaban J connectivity index is 1.51. The molecule has 0 aromatic heterocycles. The summed E-state index contributed by atoms with van der Waals surface area (Å²) in [5.41, 5.74) is 14.4. The van der Waals surface area contributed by atoms with Crippen molar-refractivity contribution >= 4 is 27.7 Å². The quantitative estimate of drug-likeness (QED) is 0.410. The van der Waals surface area contributed by atoms with Gasteiger partial charge >= 0.3 is 0 Å². The molecule has 0 radical (unpaired) electrons. The van der Waals surface area contributed by atoms with Crippen molar-refractivity contribution in [3.05, 3.63) is 115 Å². The zero-order valence-corrected chi connectivity index (χ0v) is 20.7. The first kappa shape index (κ1) is 19.6. The molecule has 0 nitrogen and oxygen atoms in total.